The highest BCUT2D eigenvalue weighted by atomic mass is 32.1. The maximum Gasteiger partial charge on any atom is 0.255 e. The molecule has 104 valence electrons. The molecule has 0 aliphatic heterocycles. The Labute approximate surface area is 114 Å². The molecule has 0 atom stereocenters. The number of thiazole rings is 1. The number of hydrogen-bond acceptors (Lipinski definition) is 4. The molecule has 0 bridgehead atoms. The Morgan fingerprint density at radius 1 is 1.58 bits per heavy atom. The minimum atomic E-state index is -2.35. The molecule has 1 fully saturated rings. The summed E-state index contributed by atoms with van der Waals surface area (Å²) < 4.78 is 27.0. The van der Waals surface area contributed by atoms with Gasteiger partial charge in [0.05, 0.1) is 12.2 Å². The van der Waals surface area contributed by atoms with Crippen LogP contribution in [0, 0.1) is 0 Å². The van der Waals surface area contributed by atoms with E-state index < -0.39 is 6.43 Å². The third-order valence-electron chi connectivity index (χ3n) is 3.25. The number of fused-ring (bicyclic) bond motifs is 1. The van der Waals surface area contributed by atoms with Crippen molar-refractivity contribution in [2.45, 2.75) is 31.9 Å². The van der Waals surface area contributed by atoms with E-state index in [0.29, 0.717) is 18.4 Å². The third-order valence-corrected chi connectivity index (χ3v) is 4.01. The first-order valence-corrected chi connectivity index (χ1v) is 7.20. The van der Waals surface area contributed by atoms with Gasteiger partial charge in [0.15, 0.2) is 10.8 Å². The summed E-state index contributed by atoms with van der Waals surface area (Å²) in [5.41, 5.74) is 0.964. The first kappa shape index (κ1) is 12.8. The van der Waals surface area contributed by atoms with Crippen LogP contribution in [0.5, 0.6) is 0 Å². The summed E-state index contributed by atoms with van der Waals surface area (Å²) in [4.78, 5) is 6.84. The topological polar surface area (TPSA) is 32.6 Å². The predicted molar refractivity (Wildman–Crippen MR) is 72.2 cm³/mol. The number of anilines is 1. The van der Waals surface area contributed by atoms with E-state index in [-0.39, 0.29) is 6.54 Å². The lowest BCUT2D eigenvalue weighted by atomic mass is 10.3. The minimum absolute atomic E-state index is 0.290. The van der Waals surface area contributed by atoms with Crippen LogP contribution < -0.4 is 10.2 Å². The van der Waals surface area contributed by atoms with Crippen molar-refractivity contribution in [3.63, 3.8) is 0 Å². The average molecular weight is 286 g/mol. The van der Waals surface area contributed by atoms with E-state index in [9.17, 15) is 8.78 Å². The lowest BCUT2D eigenvalue weighted by Crippen LogP contribution is -2.27. The van der Waals surface area contributed by atoms with Crippen molar-refractivity contribution in [1.82, 2.24) is 14.7 Å². The van der Waals surface area contributed by atoms with Crippen molar-refractivity contribution < 1.29 is 8.78 Å². The molecule has 1 saturated carbocycles. The summed E-state index contributed by atoms with van der Waals surface area (Å²) in [6, 6.07) is 0.581. The van der Waals surface area contributed by atoms with Gasteiger partial charge in [0.1, 0.15) is 0 Å². The number of imidazole rings is 1. The highest BCUT2D eigenvalue weighted by Crippen LogP contribution is 2.26. The van der Waals surface area contributed by atoms with Gasteiger partial charge < -0.3 is 10.2 Å². The van der Waals surface area contributed by atoms with E-state index in [1.807, 2.05) is 16.0 Å². The van der Waals surface area contributed by atoms with Gasteiger partial charge in [-0.05, 0) is 12.8 Å². The fraction of sp³-hybridized carbons (Fsp3) is 0.583. The summed E-state index contributed by atoms with van der Waals surface area (Å²) in [7, 11) is 1.67. The van der Waals surface area contributed by atoms with Gasteiger partial charge in [-0.15, -0.1) is 11.3 Å². The van der Waals surface area contributed by atoms with Crippen LogP contribution in [0.4, 0.5) is 14.6 Å². The maximum absolute atomic E-state index is 12.5. The summed E-state index contributed by atoms with van der Waals surface area (Å²) in [5, 5.41) is 5.38. The SMILES string of the molecule is CN(CC(F)F)c1nc2sccn2c1CNC1CC1. The molecule has 0 spiro atoms. The van der Waals surface area contributed by atoms with Crippen molar-refractivity contribution in [2.24, 2.45) is 0 Å². The standard InChI is InChI=1S/C12H16F2N4S/c1-17(7-10(13)14)11-9(6-15-8-2-3-8)18-4-5-19-12(18)16-11/h4-5,8,10,15H,2-3,6-7H2,1H3. The Hall–Kier alpha value is -1.21. The molecule has 3 rings (SSSR count). The van der Waals surface area contributed by atoms with Gasteiger partial charge in [-0.3, -0.25) is 4.40 Å². The lowest BCUT2D eigenvalue weighted by Gasteiger charge is -2.18. The molecule has 0 amide bonds. The first-order chi connectivity index (χ1) is 9.15. The zero-order valence-corrected chi connectivity index (χ0v) is 11.5. The molecule has 2 heterocycles. The van der Waals surface area contributed by atoms with E-state index in [1.54, 1.807) is 7.05 Å². The van der Waals surface area contributed by atoms with Crippen LogP contribution in [-0.4, -0.2) is 35.4 Å². The minimum Gasteiger partial charge on any atom is -0.352 e. The molecule has 0 saturated heterocycles. The van der Waals surface area contributed by atoms with E-state index >= 15 is 0 Å². The molecular formula is C12H16F2N4S. The molecule has 7 heteroatoms. The Morgan fingerprint density at radius 3 is 3.05 bits per heavy atom. The molecule has 4 nitrogen and oxygen atoms in total. The van der Waals surface area contributed by atoms with Crippen molar-refractivity contribution in [2.75, 3.05) is 18.5 Å². The second-order valence-corrected chi connectivity index (χ2v) is 5.74. The normalized spacial score (nSPS) is 15.6. The molecule has 0 radical (unpaired) electrons. The highest BCUT2D eigenvalue weighted by molar-refractivity contribution is 7.15. The van der Waals surface area contributed by atoms with Crippen molar-refractivity contribution in [1.29, 1.82) is 0 Å². The maximum atomic E-state index is 12.5. The van der Waals surface area contributed by atoms with Gasteiger partial charge in [-0.2, -0.15) is 0 Å². The molecule has 0 unspecified atom stereocenters. The second-order valence-electron chi connectivity index (χ2n) is 4.86. The number of halogens is 2. The summed E-state index contributed by atoms with van der Waals surface area (Å²) in [6.45, 7) is 0.382. The Kier molecular flexibility index (Phi) is 3.40. The first-order valence-electron chi connectivity index (χ1n) is 6.32. The number of aromatic nitrogens is 2. The summed E-state index contributed by atoms with van der Waals surface area (Å²) in [5.74, 6) is 0.653. The van der Waals surface area contributed by atoms with Gasteiger partial charge in [-0.1, -0.05) is 0 Å². The molecule has 0 aromatic carbocycles. The summed E-state index contributed by atoms with van der Waals surface area (Å²) in [6.07, 6.45) is 1.99. The van der Waals surface area contributed by atoms with Crippen molar-refractivity contribution in [3.05, 3.63) is 17.3 Å². The predicted octanol–water partition coefficient (Wildman–Crippen LogP) is 2.35. The monoisotopic (exact) mass is 286 g/mol. The van der Waals surface area contributed by atoms with Crippen LogP contribution in [0.25, 0.3) is 4.96 Å². The molecule has 1 aliphatic rings. The van der Waals surface area contributed by atoms with Gasteiger partial charge in [0, 0.05) is 31.2 Å². The largest absolute Gasteiger partial charge is 0.352 e. The molecule has 1 N–H and O–H groups in total. The molecule has 19 heavy (non-hydrogen) atoms. The number of alkyl halides is 2. The molecule has 1 aliphatic carbocycles. The smallest absolute Gasteiger partial charge is 0.255 e. The summed E-state index contributed by atoms with van der Waals surface area (Å²) >= 11 is 1.52. The molecule has 2 aromatic rings. The fourth-order valence-corrected chi connectivity index (χ4v) is 2.84. The van der Waals surface area contributed by atoms with E-state index in [2.05, 4.69) is 10.3 Å². The van der Waals surface area contributed by atoms with Crippen LogP contribution >= 0.6 is 11.3 Å². The van der Waals surface area contributed by atoms with Crippen molar-refractivity contribution in [3.8, 4) is 0 Å². The number of nitrogens with zero attached hydrogens (tertiary/aromatic N) is 3. The molecule has 2 aromatic heterocycles. The van der Waals surface area contributed by atoms with E-state index in [1.165, 1.54) is 29.1 Å². The number of hydrogen-bond donors (Lipinski definition) is 1. The van der Waals surface area contributed by atoms with Crippen molar-refractivity contribution >= 4 is 22.1 Å². The Balaban J connectivity index is 1.87. The highest BCUT2D eigenvalue weighted by Gasteiger charge is 2.23. The number of nitrogens with one attached hydrogen (secondary N) is 1. The van der Waals surface area contributed by atoms with Gasteiger partial charge in [0.25, 0.3) is 6.43 Å². The van der Waals surface area contributed by atoms with E-state index in [0.717, 1.165) is 10.7 Å². The second kappa shape index (κ2) is 5.05. The average Bonchev–Trinajstić information content (AvgIpc) is 2.94. The van der Waals surface area contributed by atoms with E-state index in [4.69, 9.17) is 0 Å². The van der Waals surface area contributed by atoms with Crippen LogP contribution in [0.3, 0.4) is 0 Å². The van der Waals surface area contributed by atoms with Crippen LogP contribution in [0.15, 0.2) is 11.6 Å². The lowest BCUT2D eigenvalue weighted by molar-refractivity contribution is 0.156. The van der Waals surface area contributed by atoms with Gasteiger partial charge >= 0.3 is 0 Å². The third kappa shape index (κ3) is 2.71. The Bertz CT molecular complexity index is 561. The van der Waals surface area contributed by atoms with Crippen LogP contribution in [0.2, 0.25) is 0 Å². The van der Waals surface area contributed by atoms with Gasteiger partial charge in [-0.25, -0.2) is 13.8 Å². The van der Waals surface area contributed by atoms with Crippen LogP contribution in [0.1, 0.15) is 18.5 Å². The Morgan fingerprint density at radius 2 is 2.37 bits per heavy atom. The van der Waals surface area contributed by atoms with Gasteiger partial charge in [0.2, 0.25) is 0 Å². The fourth-order valence-electron chi connectivity index (χ4n) is 2.11. The van der Waals surface area contributed by atoms with Crippen LogP contribution in [-0.2, 0) is 6.54 Å². The number of rotatable bonds is 6. The zero-order chi connectivity index (χ0) is 13.4. The zero-order valence-electron chi connectivity index (χ0n) is 10.6. The molecular weight excluding hydrogens is 270 g/mol. The quantitative estimate of drug-likeness (QED) is 0.885.